The van der Waals surface area contributed by atoms with Crippen molar-refractivity contribution in [3.63, 3.8) is 0 Å². The van der Waals surface area contributed by atoms with Crippen molar-refractivity contribution in [2.75, 3.05) is 26.5 Å². The van der Waals surface area contributed by atoms with Crippen LogP contribution in [0.3, 0.4) is 0 Å². The molecular weight excluding hydrogens is 407 g/mol. The van der Waals surface area contributed by atoms with E-state index in [1.807, 2.05) is 6.07 Å². The smallest absolute Gasteiger partial charge is 0.269 e. The van der Waals surface area contributed by atoms with Gasteiger partial charge in [-0.25, -0.2) is 0 Å². The number of ether oxygens (including phenoxy) is 2. The number of methoxy groups -OCH3 is 2. The van der Waals surface area contributed by atoms with Gasteiger partial charge in [-0.15, -0.1) is 0 Å². The maximum Gasteiger partial charge on any atom is 0.269 e. The number of thiol groups is 1. The number of hydrogen-bond acceptors (Lipinski definition) is 6. The predicted molar refractivity (Wildman–Crippen MR) is 92.1 cm³/mol. The Balaban J connectivity index is 2.96. The molecule has 21 heavy (non-hydrogen) atoms. The molecular formula is C13H17IN2O4S. The first kappa shape index (κ1) is 17.9. The second kappa shape index (κ2) is 8.98. The highest BCUT2D eigenvalue weighted by Crippen LogP contribution is 2.33. The van der Waals surface area contributed by atoms with E-state index >= 15 is 0 Å². The third kappa shape index (κ3) is 4.95. The fourth-order valence-corrected chi connectivity index (χ4v) is 2.70. The van der Waals surface area contributed by atoms with Crippen molar-refractivity contribution >= 4 is 46.8 Å². The van der Waals surface area contributed by atoms with Crippen LogP contribution in [0.2, 0.25) is 0 Å². The van der Waals surface area contributed by atoms with E-state index in [2.05, 4.69) is 45.7 Å². The first-order valence-corrected chi connectivity index (χ1v) is 7.78. The first-order valence-electron chi connectivity index (χ1n) is 6.07. The van der Waals surface area contributed by atoms with Gasteiger partial charge in [0.1, 0.15) is 5.71 Å². The van der Waals surface area contributed by atoms with Crippen molar-refractivity contribution < 1.29 is 19.5 Å². The standard InChI is InChI=1S/C13H17IN2O4S/c1-19-11-7-8(5-9(14)12(11)20-2)6-10(16-18)13(17)15-3-4-21/h5,7,18,21H,3-4,6H2,1-2H3,(H,15,17)/b16-10+. The zero-order valence-electron chi connectivity index (χ0n) is 11.7. The molecule has 0 spiro atoms. The Kier molecular flexibility index (Phi) is 7.65. The average Bonchev–Trinajstić information content (AvgIpc) is 2.49. The summed E-state index contributed by atoms with van der Waals surface area (Å²) in [5.41, 5.74) is 0.811. The monoisotopic (exact) mass is 424 g/mol. The molecule has 0 aliphatic carbocycles. The Labute approximate surface area is 142 Å². The molecule has 1 aromatic carbocycles. The fraction of sp³-hybridized carbons (Fsp3) is 0.385. The van der Waals surface area contributed by atoms with Gasteiger partial charge in [0.15, 0.2) is 11.5 Å². The predicted octanol–water partition coefficient (Wildman–Crippen LogP) is 1.73. The summed E-state index contributed by atoms with van der Waals surface area (Å²) in [6.45, 7) is 0.407. The Hall–Kier alpha value is -1.16. The third-order valence-corrected chi connectivity index (χ3v) is 3.67. The topological polar surface area (TPSA) is 80.2 Å². The molecule has 0 unspecified atom stereocenters. The molecule has 0 heterocycles. The lowest BCUT2D eigenvalue weighted by molar-refractivity contribution is -0.114. The molecule has 0 aromatic heterocycles. The van der Waals surface area contributed by atoms with Crippen LogP contribution in [0.4, 0.5) is 0 Å². The van der Waals surface area contributed by atoms with Crippen LogP contribution in [-0.4, -0.2) is 43.3 Å². The van der Waals surface area contributed by atoms with E-state index in [1.54, 1.807) is 13.2 Å². The number of rotatable bonds is 7. The zero-order valence-corrected chi connectivity index (χ0v) is 14.8. The number of hydrogen-bond donors (Lipinski definition) is 3. The summed E-state index contributed by atoms with van der Waals surface area (Å²) in [6, 6.07) is 3.59. The van der Waals surface area contributed by atoms with Gasteiger partial charge in [0, 0.05) is 18.7 Å². The SMILES string of the molecule is COc1cc(C/C(=N\O)C(=O)NCCS)cc(I)c1OC. The van der Waals surface area contributed by atoms with Crippen LogP contribution in [0.5, 0.6) is 11.5 Å². The summed E-state index contributed by atoms with van der Waals surface area (Å²) >= 11 is 6.12. The van der Waals surface area contributed by atoms with Gasteiger partial charge in [-0.05, 0) is 40.3 Å². The Bertz CT molecular complexity index is 537. The maximum absolute atomic E-state index is 11.8. The molecule has 8 heteroatoms. The number of oxime groups is 1. The Morgan fingerprint density at radius 3 is 2.67 bits per heavy atom. The van der Waals surface area contributed by atoms with Crippen molar-refractivity contribution in [1.82, 2.24) is 5.32 Å². The molecule has 0 saturated carbocycles. The zero-order chi connectivity index (χ0) is 15.8. The molecule has 1 aromatic rings. The normalized spacial score (nSPS) is 11.1. The van der Waals surface area contributed by atoms with Crippen molar-refractivity contribution in [3.8, 4) is 11.5 Å². The minimum Gasteiger partial charge on any atom is -0.493 e. The van der Waals surface area contributed by atoms with Crippen LogP contribution in [0.25, 0.3) is 0 Å². The number of benzene rings is 1. The van der Waals surface area contributed by atoms with Crippen LogP contribution in [0, 0.1) is 3.57 Å². The Morgan fingerprint density at radius 1 is 1.43 bits per heavy atom. The van der Waals surface area contributed by atoms with Crippen molar-refractivity contribution in [3.05, 3.63) is 21.3 Å². The van der Waals surface area contributed by atoms with Crippen LogP contribution < -0.4 is 14.8 Å². The molecule has 0 saturated heterocycles. The van der Waals surface area contributed by atoms with Gasteiger partial charge in [-0.1, -0.05) is 5.16 Å². The Morgan fingerprint density at radius 2 is 2.14 bits per heavy atom. The summed E-state index contributed by atoms with van der Waals surface area (Å²) in [6.07, 6.45) is 0.186. The molecule has 0 bridgehead atoms. The summed E-state index contributed by atoms with van der Waals surface area (Å²) in [5, 5.41) is 14.7. The molecule has 116 valence electrons. The van der Waals surface area contributed by atoms with Crippen LogP contribution in [0.15, 0.2) is 17.3 Å². The number of halogens is 1. The highest BCUT2D eigenvalue weighted by molar-refractivity contribution is 14.1. The largest absolute Gasteiger partial charge is 0.493 e. The van der Waals surface area contributed by atoms with Crippen molar-refractivity contribution in [1.29, 1.82) is 0 Å². The molecule has 0 aliphatic rings. The first-order chi connectivity index (χ1) is 10.1. The number of carbonyl (C=O) groups excluding carboxylic acids is 1. The van der Waals surface area contributed by atoms with E-state index < -0.39 is 5.91 Å². The van der Waals surface area contributed by atoms with Crippen LogP contribution >= 0.6 is 35.2 Å². The van der Waals surface area contributed by atoms with Crippen LogP contribution in [0.1, 0.15) is 5.56 Å². The number of carbonyl (C=O) groups is 1. The minimum atomic E-state index is -0.420. The minimum absolute atomic E-state index is 0.0276. The number of nitrogens with one attached hydrogen (secondary N) is 1. The van der Waals surface area contributed by atoms with Gasteiger partial charge in [0.2, 0.25) is 0 Å². The molecule has 1 amide bonds. The summed E-state index contributed by atoms with van der Waals surface area (Å²) in [4.78, 5) is 11.8. The van der Waals surface area contributed by atoms with E-state index in [0.717, 1.165) is 9.13 Å². The van der Waals surface area contributed by atoms with Gasteiger partial charge in [0.05, 0.1) is 17.8 Å². The lowest BCUT2D eigenvalue weighted by Gasteiger charge is -2.12. The molecule has 0 atom stereocenters. The molecule has 1 rings (SSSR count). The van der Waals surface area contributed by atoms with E-state index in [1.165, 1.54) is 7.11 Å². The second-order valence-electron chi connectivity index (χ2n) is 4.02. The van der Waals surface area contributed by atoms with Crippen molar-refractivity contribution in [2.24, 2.45) is 5.16 Å². The van der Waals surface area contributed by atoms with Gasteiger partial charge in [-0.2, -0.15) is 12.6 Å². The van der Waals surface area contributed by atoms with E-state index in [-0.39, 0.29) is 12.1 Å². The average molecular weight is 424 g/mol. The fourth-order valence-electron chi connectivity index (χ4n) is 1.70. The molecule has 0 aliphatic heterocycles. The molecule has 0 radical (unpaired) electrons. The molecule has 6 nitrogen and oxygen atoms in total. The van der Waals surface area contributed by atoms with E-state index in [9.17, 15) is 4.79 Å². The summed E-state index contributed by atoms with van der Waals surface area (Å²) < 4.78 is 11.4. The van der Waals surface area contributed by atoms with Gasteiger partial charge in [-0.3, -0.25) is 4.79 Å². The maximum atomic E-state index is 11.8. The van der Waals surface area contributed by atoms with Crippen molar-refractivity contribution in [2.45, 2.75) is 6.42 Å². The van der Waals surface area contributed by atoms with Gasteiger partial charge >= 0.3 is 0 Å². The lowest BCUT2D eigenvalue weighted by atomic mass is 10.1. The third-order valence-electron chi connectivity index (χ3n) is 2.65. The number of nitrogens with zero attached hydrogens (tertiary/aromatic N) is 1. The highest BCUT2D eigenvalue weighted by atomic mass is 127. The van der Waals surface area contributed by atoms with E-state index in [4.69, 9.17) is 14.7 Å². The van der Waals surface area contributed by atoms with Gasteiger partial charge < -0.3 is 20.0 Å². The second-order valence-corrected chi connectivity index (χ2v) is 5.63. The summed E-state index contributed by atoms with van der Waals surface area (Å²) in [7, 11) is 3.10. The summed E-state index contributed by atoms with van der Waals surface area (Å²) in [5.74, 6) is 1.28. The lowest BCUT2D eigenvalue weighted by Crippen LogP contribution is -2.33. The molecule has 0 fully saturated rings. The highest BCUT2D eigenvalue weighted by Gasteiger charge is 2.16. The van der Waals surface area contributed by atoms with Crippen LogP contribution in [-0.2, 0) is 11.2 Å². The van der Waals surface area contributed by atoms with E-state index in [0.29, 0.717) is 23.8 Å². The quantitative estimate of drug-likeness (QED) is 0.205. The number of amides is 1. The van der Waals surface area contributed by atoms with Gasteiger partial charge in [0.25, 0.3) is 5.91 Å². The molecule has 2 N–H and O–H groups in total.